The van der Waals surface area contributed by atoms with Crippen molar-refractivity contribution < 1.29 is 4.39 Å². The van der Waals surface area contributed by atoms with Gasteiger partial charge >= 0.3 is 0 Å². The fraction of sp³-hybridized carbons (Fsp3) is 0.0909. The molecule has 2 aromatic rings. The average Bonchev–Trinajstić information content (AvgIpc) is 2.30. The molecule has 6 heteroatoms. The molecular formula is C11H8Cl2FN3. The molecule has 88 valence electrons. The number of nitrogens with zero attached hydrogens (tertiary/aromatic N) is 2. The highest BCUT2D eigenvalue weighted by Gasteiger charge is 2.12. The molecule has 3 nitrogen and oxygen atoms in total. The van der Waals surface area contributed by atoms with Crippen molar-refractivity contribution in [3.8, 4) is 11.3 Å². The number of nitrogens with one attached hydrogen (secondary N) is 1. The fourth-order valence-electron chi connectivity index (χ4n) is 1.36. The van der Waals surface area contributed by atoms with Crippen molar-refractivity contribution >= 4 is 29.2 Å². The lowest BCUT2D eigenvalue weighted by atomic mass is 10.1. The number of benzene rings is 1. The minimum atomic E-state index is -0.534. The van der Waals surface area contributed by atoms with E-state index in [9.17, 15) is 4.39 Å². The third-order valence-corrected chi connectivity index (χ3v) is 2.70. The van der Waals surface area contributed by atoms with Gasteiger partial charge in [-0.15, -0.1) is 0 Å². The molecule has 0 saturated heterocycles. The highest BCUT2D eigenvalue weighted by molar-refractivity contribution is 6.36. The molecule has 0 radical (unpaired) electrons. The first-order valence-corrected chi connectivity index (χ1v) is 5.53. The number of anilines is 1. The molecule has 1 aromatic carbocycles. The molecule has 1 heterocycles. The molecule has 0 amide bonds. The van der Waals surface area contributed by atoms with Crippen LogP contribution in [-0.2, 0) is 0 Å². The van der Waals surface area contributed by atoms with Gasteiger partial charge in [-0.3, -0.25) is 0 Å². The van der Waals surface area contributed by atoms with Crippen molar-refractivity contribution in [1.82, 2.24) is 9.97 Å². The van der Waals surface area contributed by atoms with Gasteiger partial charge < -0.3 is 5.32 Å². The molecule has 1 aromatic heterocycles. The van der Waals surface area contributed by atoms with Crippen molar-refractivity contribution in [1.29, 1.82) is 0 Å². The Kier molecular flexibility index (Phi) is 3.45. The summed E-state index contributed by atoms with van der Waals surface area (Å²) >= 11 is 11.8. The quantitative estimate of drug-likeness (QED) is 0.907. The molecule has 0 atom stereocenters. The molecule has 0 bridgehead atoms. The highest BCUT2D eigenvalue weighted by Crippen LogP contribution is 2.30. The van der Waals surface area contributed by atoms with Gasteiger partial charge in [-0.25, -0.2) is 14.4 Å². The molecule has 0 spiro atoms. The summed E-state index contributed by atoms with van der Waals surface area (Å²) in [5.41, 5.74) is 0.624. The van der Waals surface area contributed by atoms with Gasteiger partial charge in [-0.1, -0.05) is 23.2 Å². The highest BCUT2D eigenvalue weighted by atomic mass is 35.5. The predicted molar refractivity (Wildman–Crippen MR) is 67.0 cm³/mol. The Morgan fingerprint density at radius 2 is 2.06 bits per heavy atom. The Labute approximate surface area is 108 Å². The summed E-state index contributed by atoms with van der Waals surface area (Å²) in [6.07, 6.45) is 1.10. The average molecular weight is 272 g/mol. The normalized spacial score (nSPS) is 10.4. The van der Waals surface area contributed by atoms with E-state index in [4.69, 9.17) is 23.2 Å². The van der Waals surface area contributed by atoms with Crippen LogP contribution in [0.1, 0.15) is 0 Å². The summed E-state index contributed by atoms with van der Waals surface area (Å²) in [4.78, 5) is 7.79. The van der Waals surface area contributed by atoms with Crippen LogP contribution < -0.4 is 5.32 Å². The van der Waals surface area contributed by atoms with Crippen LogP contribution in [0, 0.1) is 5.82 Å². The van der Waals surface area contributed by atoms with E-state index in [1.54, 1.807) is 25.2 Å². The standard InChI is InChI=1S/C11H8Cl2FN3/c1-15-11-16-5-9(14)10(17-11)7-3-2-6(12)4-8(7)13/h2-5H,1H3,(H,15,16,17). The van der Waals surface area contributed by atoms with E-state index >= 15 is 0 Å². The van der Waals surface area contributed by atoms with E-state index in [0.717, 1.165) is 6.20 Å². The van der Waals surface area contributed by atoms with Crippen LogP contribution in [-0.4, -0.2) is 17.0 Å². The van der Waals surface area contributed by atoms with Crippen LogP contribution in [0.4, 0.5) is 10.3 Å². The lowest BCUT2D eigenvalue weighted by molar-refractivity contribution is 0.619. The monoisotopic (exact) mass is 271 g/mol. The maximum Gasteiger partial charge on any atom is 0.223 e. The van der Waals surface area contributed by atoms with Crippen LogP contribution in [0.25, 0.3) is 11.3 Å². The Bertz CT molecular complexity index is 560. The summed E-state index contributed by atoms with van der Waals surface area (Å²) in [7, 11) is 1.65. The summed E-state index contributed by atoms with van der Waals surface area (Å²) in [6, 6.07) is 4.79. The van der Waals surface area contributed by atoms with Crippen molar-refractivity contribution in [3.63, 3.8) is 0 Å². The van der Waals surface area contributed by atoms with Crippen LogP contribution in [0.5, 0.6) is 0 Å². The smallest absolute Gasteiger partial charge is 0.223 e. The third kappa shape index (κ3) is 2.48. The first-order chi connectivity index (χ1) is 8.11. The zero-order valence-corrected chi connectivity index (χ0v) is 10.3. The van der Waals surface area contributed by atoms with Gasteiger partial charge in [0.25, 0.3) is 0 Å². The van der Waals surface area contributed by atoms with Crippen LogP contribution in [0.2, 0.25) is 10.0 Å². The van der Waals surface area contributed by atoms with Crippen LogP contribution in [0.3, 0.4) is 0 Å². The van der Waals surface area contributed by atoms with Crippen molar-refractivity contribution in [2.75, 3.05) is 12.4 Å². The number of halogens is 3. The second-order valence-corrected chi connectivity index (χ2v) is 4.11. The van der Waals surface area contributed by atoms with E-state index in [0.29, 0.717) is 21.6 Å². The molecule has 2 rings (SSSR count). The van der Waals surface area contributed by atoms with Crippen molar-refractivity contribution in [3.05, 3.63) is 40.3 Å². The van der Waals surface area contributed by atoms with Crippen molar-refractivity contribution in [2.45, 2.75) is 0 Å². The number of hydrogen-bond donors (Lipinski definition) is 1. The first kappa shape index (κ1) is 12.1. The molecule has 1 N–H and O–H groups in total. The number of aromatic nitrogens is 2. The minimum absolute atomic E-state index is 0.144. The maximum absolute atomic E-state index is 13.6. The van der Waals surface area contributed by atoms with Gasteiger partial charge in [-0.2, -0.15) is 0 Å². The molecule has 0 aliphatic heterocycles. The topological polar surface area (TPSA) is 37.8 Å². The van der Waals surface area contributed by atoms with E-state index in [2.05, 4.69) is 15.3 Å². The first-order valence-electron chi connectivity index (χ1n) is 4.77. The van der Waals surface area contributed by atoms with E-state index in [1.807, 2.05) is 0 Å². The van der Waals surface area contributed by atoms with Crippen LogP contribution in [0.15, 0.2) is 24.4 Å². The number of hydrogen-bond acceptors (Lipinski definition) is 3. The van der Waals surface area contributed by atoms with Gasteiger partial charge in [0.1, 0.15) is 5.69 Å². The van der Waals surface area contributed by atoms with Crippen molar-refractivity contribution in [2.24, 2.45) is 0 Å². The minimum Gasteiger partial charge on any atom is -0.357 e. The largest absolute Gasteiger partial charge is 0.357 e. The molecule has 17 heavy (non-hydrogen) atoms. The molecule has 0 unspecified atom stereocenters. The van der Waals surface area contributed by atoms with Gasteiger partial charge in [0.2, 0.25) is 5.95 Å². The Morgan fingerprint density at radius 3 is 2.71 bits per heavy atom. The maximum atomic E-state index is 13.6. The van der Waals surface area contributed by atoms with Gasteiger partial charge in [0.15, 0.2) is 5.82 Å². The van der Waals surface area contributed by atoms with E-state index in [-0.39, 0.29) is 5.69 Å². The van der Waals surface area contributed by atoms with E-state index < -0.39 is 5.82 Å². The Hall–Kier alpha value is -1.39. The zero-order valence-electron chi connectivity index (χ0n) is 8.84. The molecule has 0 aliphatic rings. The fourth-order valence-corrected chi connectivity index (χ4v) is 1.86. The zero-order chi connectivity index (χ0) is 12.4. The van der Waals surface area contributed by atoms with E-state index in [1.165, 1.54) is 0 Å². The second kappa shape index (κ2) is 4.85. The molecule has 0 saturated carbocycles. The molecular weight excluding hydrogens is 264 g/mol. The van der Waals surface area contributed by atoms with Gasteiger partial charge in [-0.05, 0) is 18.2 Å². The Morgan fingerprint density at radius 1 is 1.29 bits per heavy atom. The second-order valence-electron chi connectivity index (χ2n) is 3.26. The third-order valence-electron chi connectivity index (χ3n) is 2.15. The van der Waals surface area contributed by atoms with Gasteiger partial charge in [0, 0.05) is 17.6 Å². The lowest BCUT2D eigenvalue weighted by Gasteiger charge is -2.06. The number of rotatable bonds is 2. The summed E-state index contributed by atoms with van der Waals surface area (Å²) in [5.74, 6) is -0.208. The van der Waals surface area contributed by atoms with Gasteiger partial charge in [0.05, 0.1) is 11.2 Å². The summed E-state index contributed by atoms with van der Waals surface area (Å²) in [5, 5.41) is 3.57. The molecule has 0 aliphatic carbocycles. The Balaban J connectivity index is 2.59. The summed E-state index contributed by atoms with van der Waals surface area (Å²) in [6.45, 7) is 0. The SMILES string of the molecule is CNc1ncc(F)c(-c2ccc(Cl)cc2Cl)n1. The van der Waals surface area contributed by atoms with Crippen LogP contribution >= 0.6 is 23.2 Å². The lowest BCUT2D eigenvalue weighted by Crippen LogP contribution is -2.00. The molecule has 0 fully saturated rings. The predicted octanol–water partition coefficient (Wildman–Crippen LogP) is 3.63. The summed E-state index contributed by atoms with van der Waals surface area (Å²) < 4.78 is 13.6.